The zero-order chi connectivity index (χ0) is 15.7. The van der Waals surface area contributed by atoms with Crippen LogP contribution in [-0.4, -0.2) is 41.1 Å². The SMILES string of the molecule is Cl.Cl.N#Cc1cc([C@@H](C2CC2)N2CCNCC2)c(O)c([N+](=O)[O-])c1. The van der Waals surface area contributed by atoms with E-state index in [0.717, 1.165) is 45.1 Å². The molecule has 3 rings (SSSR count). The Morgan fingerprint density at radius 1 is 1.33 bits per heavy atom. The zero-order valence-electron chi connectivity index (χ0n) is 13.0. The van der Waals surface area contributed by atoms with Gasteiger partial charge in [0.2, 0.25) is 0 Å². The highest BCUT2D eigenvalue weighted by atomic mass is 35.5. The van der Waals surface area contributed by atoms with E-state index in [1.807, 2.05) is 6.07 Å². The van der Waals surface area contributed by atoms with Crippen molar-refractivity contribution in [2.45, 2.75) is 18.9 Å². The summed E-state index contributed by atoms with van der Waals surface area (Å²) in [7, 11) is 0. The number of nitro benzene ring substituents is 1. The number of hydrogen-bond donors (Lipinski definition) is 2. The molecule has 2 N–H and O–H groups in total. The first-order chi connectivity index (χ1) is 10.6. The fourth-order valence-corrected chi connectivity index (χ4v) is 3.19. The predicted octanol–water partition coefficient (Wildman–Crippen LogP) is 2.37. The van der Waals surface area contributed by atoms with Crippen molar-refractivity contribution in [1.82, 2.24) is 10.2 Å². The number of nitrogens with zero attached hydrogens (tertiary/aromatic N) is 3. The second-order valence-corrected chi connectivity index (χ2v) is 5.87. The largest absolute Gasteiger partial charge is 0.502 e. The number of rotatable bonds is 4. The quantitative estimate of drug-likeness (QED) is 0.619. The number of phenols is 1. The molecule has 1 aliphatic carbocycles. The number of aromatic hydroxyl groups is 1. The molecule has 0 radical (unpaired) electrons. The smallest absolute Gasteiger partial charge is 0.312 e. The van der Waals surface area contributed by atoms with Gasteiger partial charge < -0.3 is 10.4 Å². The Hall–Kier alpha value is -1.59. The van der Waals surface area contributed by atoms with Crippen LogP contribution in [0.2, 0.25) is 0 Å². The van der Waals surface area contributed by atoms with E-state index < -0.39 is 4.92 Å². The molecular weight excluding hydrogens is 355 g/mol. The van der Waals surface area contributed by atoms with Crippen molar-refractivity contribution in [3.05, 3.63) is 33.4 Å². The number of hydrogen-bond acceptors (Lipinski definition) is 6. The minimum Gasteiger partial charge on any atom is -0.502 e. The highest BCUT2D eigenvalue weighted by Crippen LogP contribution is 2.48. The van der Waals surface area contributed by atoms with Crippen molar-refractivity contribution in [3.8, 4) is 11.8 Å². The molecular formula is C15H20Cl2N4O3. The van der Waals surface area contributed by atoms with Crippen LogP contribution in [-0.2, 0) is 0 Å². The minimum absolute atomic E-state index is 0. The summed E-state index contributed by atoms with van der Waals surface area (Å²) in [5.41, 5.74) is 0.366. The van der Waals surface area contributed by atoms with Crippen molar-refractivity contribution in [2.75, 3.05) is 26.2 Å². The average molecular weight is 375 g/mol. The summed E-state index contributed by atoms with van der Waals surface area (Å²) >= 11 is 0. The van der Waals surface area contributed by atoms with Crippen molar-refractivity contribution >= 4 is 30.5 Å². The molecule has 2 aliphatic rings. The Balaban J connectivity index is 0.00000144. The Kier molecular flexibility index (Phi) is 7.24. The summed E-state index contributed by atoms with van der Waals surface area (Å²) in [5, 5.41) is 33.9. The lowest BCUT2D eigenvalue weighted by Crippen LogP contribution is -2.45. The maximum atomic E-state index is 11.1. The molecule has 1 aromatic carbocycles. The van der Waals surface area contributed by atoms with Crippen LogP contribution in [0.15, 0.2) is 12.1 Å². The molecule has 132 valence electrons. The third-order valence-corrected chi connectivity index (χ3v) is 4.38. The first-order valence-corrected chi connectivity index (χ1v) is 7.48. The van der Waals surface area contributed by atoms with Gasteiger partial charge >= 0.3 is 5.69 Å². The van der Waals surface area contributed by atoms with Gasteiger partial charge in [-0.3, -0.25) is 15.0 Å². The van der Waals surface area contributed by atoms with Gasteiger partial charge in [-0.15, -0.1) is 24.8 Å². The summed E-state index contributed by atoms with van der Waals surface area (Å²) in [6.07, 6.45) is 2.11. The molecule has 7 nitrogen and oxygen atoms in total. The van der Waals surface area contributed by atoms with E-state index in [4.69, 9.17) is 5.26 Å². The number of phenolic OH excluding ortho intramolecular Hbond substituents is 1. The minimum atomic E-state index is -0.624. The average Bonchev–Trinajstić information content (AvgIpc) is 3.35. The van der Waals surface area contributed by atoms with Gasteiger partial charge in [-0.1, -0.05) is 0 Å². The standard InChI is InChI=1S/C15H18N4O3.2ClH/c16-9-10-7-12(15(20)13(8-10)19(21)22)14(11-1-2-11)18-5-3-17-4-6-18;;/h7-8,11,14,17,20H,1-6H2;2*1H/t14-;;/m1../s1. The van der Waals surface area contributed by atoms with Gasteiger partial charge in [-0.05, 0) is 24.8 Å². The molecule has 1 aliphatic heterocycles. The topological polar surface area (TPSA) is 102 Å². The van der Waals surface area contributed by atoms with Gasteiger partial charge in [0.15, 0.2) is 5.75 Å². The molecule has 1 atom stereocenters. The summed E-state index contributed by atoms with van der Waals surface area (Å²) in [4.78, 5) is 12.8. The van der Waals surface area contributed by atoms with Crippen molar-refractivity contribution in [2.24, 2.45) is 5.92 Å². The maximum Gasteiger partial charge on any atom is 0.312 e. The van der Waals surface area contributed by atoms with E-state index in [0.29, 0.717) is 11.5 Å². The number of halogens is 2. The molecule has 1 heterocycles. The Bertz CT molecular complexity index is 640. The molecule has 1 saturated carbocycles. The van der Waals surface area contributed by atoms with Crippen LogP contribution in [0.4, 0.5) is 5.69 Å². The lowest BCUT2D eigenvalue weighted by molar-refractivity contribution is -0.386. The van der Waals surface area contributed by atoms with Crippen LogP contribution in [0.5, 0.6) is 5.75 Å². The lowest BCUT2D eigenvalue weighted by Gasteiger charge is -2.35. The summed E-state index contributed by atoms with van der Waals surface area (Å²) < 4.78 is 0. The molecule has 0 unspecified atom stereocenters. The van der Waals surface area contributed by atoms with E-state index in [2.05, 4.69) is 10.2 Å². The second-order valence-electron chi connectivity index (χ2n) is 5.87. The predicted molar refractivity (Wildman–Crippen MR) is 93.9 cm³/mol. The Labute approximate surface area is 152 Å². The normalized spacial score (nSPS) is 18.6. The maximum absolute atomic E-state index is 11.1. The lowest BCUT2D eigenvalue weighted by atomic mass is 9.96. The Morgan fingerprint density at radius 2 is 1.96 bits per heavy atom. The van der Waals surface area contributed by atoms with Gasteiger partial charge in [0.05, 0.1) is 16.6 Å². The molecule has 2 fully saturated rings. The molecule has 0 bridgehead atoms. The Morgan fingerprint density at radius 3 is 2.46 bits per heavy atom. The first kappa shape index (κ1) is 20.5. The third-order valence-electron chi connectivity index (χ3n) is 4.38. The van der Waals surface area contributed by atoms with Gasteiger partial charge in [-0.25, -0.2) is 0 Å². The molecule has 0 spiro atoms. The first-order valence-electron chi connectivity index (χ1n) is 7.48. The number of nitriles is 1. The van der Waals surface area contributed by atoms with Gasteiger partial charge in [0, 0.05) is 43.9 Å². The molecule has 0 aromatic heterocycles. The van der Waals surface area contributed by atoms with Crippen LogP contribution >= 0.6 is 24.8 Å². The molecule has 1 aromatic rings. The molecule has 0 amide bonds. The van der Waals surface area contributed by atoms with Crippen LogP contribution in [0.1, 0.15) is 30.0 Å². The van der Waals surface area contributed by atoms with Gasteiger partial charge in [0.1, 0.15) is 0 Å². The van der Waals surface area contributed by atoms with Crippen LogP contribution < -0.4 is 5.32 Å². The number of benzene rings is 1. The molecule has 1 saturated heterocycles. The highest BCUT2D eigenvalue weighted by molar-refractivity contribution is 5.85. The third kappa shape index (κ3) is 4.08. The van der Waals surface area contributed by atoms with E-state index in [9.17, 15) is 15.2 Å². The molecule has 24 heavy (non-hydrogen) atoms. The fourth-order valence-electron chi connectivity index (χ4n) is 3.19. The van der Waals surface area contributed by atoms with Crippen LogP contribution in [0.25, 0.3) is 0 Å². The van der Waals surface area contributed by atoms with Crippen LogP contribution in [0, 0.1) is 27.4 Å². The molecule has 9 heteroatoms. The van der Waals surface area contributed by atoms with E-state index in [-0.39, 0.29) is 47.9 Å². The van der Waals surface area contributed by atoms with Crippen LogP contribution in [0.3, 0.4) is 0 Å². The fraction of sp³-hybridized carbons (Fsp3) is 0.533. The number of nitro groups is 1. The number of nitrogens with one attached hydrogen (secondary N) is 1. The van der Waals surface area contributed by atoms with Crippen molar-refractivity contribution < 1.29 is 10.0 Å². The van der Waals surface area contributed by atoms with Gasteiger partial charge in [-0.2, -0.15) is 5.26 Å². The van der Waals surface area contributed by atoms with E-state index in [1.165, 1.54) is 0 Å². The number of piperazine rings is 1. The van der Waals surface area contributed by atoms with E-state index >= 15 is 0 Å². The van der Waals surface area contributed by atoms with Crippen molar-refractivity contribution in [3.63, 3.8) is 0 Å². The summed E-state index contributed by atoms with van der Waals surface area (Å²) in [6, 6.07) is 4.66. The van der Waals surface area contributed by atoms with Crippen molar-refractivity contribution in [1.29, 1.82) is 5.26 Å². The summed E-state index contributed by atoms with van der Waals surface area (Å²) in [6.45, 7) is 3.41. The van der Waals surface area contributed by atoms with E-state index in [1.54, 1.807) is 6.07 Å². The summed E-state index contributed by atoms with van der Waals surface area (Å²) in [5.74, 6) is 0.108. The second kappa shape index (κ2) is 8.49. The highest BCUT2D eigenvalue weighted by Gasteiger charge is 2.39. The zero-order valence-corrected chi connectivity index (χ0v) is 14.6. The van der Waals surface area contributed by atoms with Gasteiger partial charge in [0.25, 0.3) is 0 Å². The monoisotopic (exact) mass is 374 g/mol.